The van der Waals surface area contributed by atoms with Crippen molar-refractivity contribution in [2.75, 3.05) is 0 Å². The van der Waals surface area contributed by atoms with Gasteiger partial charge in [-0.1, -0.05) is 41.9 Å². The molecule has 1 fully saturated rings. The maximum atomic E-state index is 10.8. The van der Waals surface area contributed by atoms with Crippen LogP contribution in [0.5, 0.6) is 0 Å². The van der Waals surface area contributed by atoms with Crippen molar-refractivity contribution < 1.29 is 5.11 Å². The molecule has 0 aromatic heterocycles. The van der Waals surface area contributed by atoms with Crippen LogP contribution in [-0.4, -0.2) is 10.7 Å². The molecule has 3 atom stereocenters. The molecular weight excluding hydrogens is 276 g/mol. The maximum absolute atomic E-state index is 10.8. The molecule has 1 aliphatic carbocycles. The fourth-order valence-corrected chi connectivity index (χ4v) is 3.39. The van der Waals surface area contributed by atoms with E-state index in [4.69, 9.17) is 0 Å². The molecule has 17 heavy (non-hydrogen) atoms. The summed E-state index contributed by atoms with van der Waals surface area (Å²) in [5.41, 5.74) is 0.719. The summed E-state index contributed by atoms with van der Waals surface area (Å²) in [6.45, 7) is 4.48. The van der Waals surface area contributed by atoms with Crippen LogP contribution in [0.1, 0.15) is 38.7 Å². The van der Waals surface area contributed by atoms with Gasteiger partial charge in [0.25, 0.3) is 0 Å². The molecule has 2 heteroatoms. The van der Waals surface area contributed by atoms with Crippen LogP contribution in [0.3, 0.4) is 0 Å². The lowest BCUT2D eigenvalue weighted by molar-refractivity contribution is -0.0522. The minimum atomic E-state index is -0.507. The molecule has 1 N–H and O–H groups in total. The minimum absolute atomic E-state index is 0.394. The molecular formula is C15H21BrO. The smallest absolute Gasteiger partial charge is 0.0713 e. The average Bonchev–Trinajstić information content (AvgIpc) is 2.25. The van der Waals surface area contributed by atoms with Gasteiger partial charge in [-0.05, 0) is 48.8 Å². The molecule has 1 saturated carbocycles. The molecule has 2 rings (SSSR count). The van der Waals surface area contributed by atoms with Crippen molar-refractivity contribution in [1.29, 1.82) is 0 Å². The summed E-state index contributed by atoms with van der Waals surface area (Å²) in [7, 11) is 0. The lowest BCUT2D eigenvalue weighted by Crippen LogP contribution is -2.43. The number of hydrogen-bond acceptors (Lipinski definition) is 1. The predicted octanol–water partition coefficient (Wildman–Crippen LogP) is 4.18. The van der Waals surface area contributed by atoms with E-state index in [2.05, 4.69) is 41.9 Å². The third-order valence-electron chi connectivity index (χ3n) is 4.14. The highest BCUT2D eigenvalue weighted by molar-refractivity contribution is 9.10. The molecule has 0 spiro atoms. The zero-order chi connectivity index (χ0) is 12.5. The van der Waals surface area contributed by atoms with Crippen LogP contribution in [0, 0.1) is 11.8 Å². The van der Waals surface area contributed by atoms with Crippen molar-refractivity contribution in [3.63, 3.8) is 0 Å². The van der Waals surface area contributed by atoms with Crippen LogP contribution in [0.25, 0.3) is 0 Å². The van der Waals surface area contributed by atoms with Gasteiger partial charge in [-0.15, -0.1) is 0 Å². The Kier molecular flexibility index (Phi) is 3.94. The van der Waals surface area contributed by atoms with Crippen LogP contribution in [-0.2, 0) is 6.42 Å². The summed E-state index contributed by atoms with van der Waals surface area (Å²) in [5, 5.41) is 10.8. The Balaban J connectivity index is 2.11. The monoisotopic (exact) mass is 296 g/mol. The second-order valence-corrected chi connectivity index (χ2v) is 6.61. The third-order valence-corrected chi connectivity index (χ3v) is 4.64. The van der Waals surface area contributed by atoms with E-state index in [1.165, 1.54) is 5.56 Å². The molecule has 0 heterocycles. The van der Waals surface area contributed by atoms with Crippen molar-refractivity contribution in [2.45, 2.75) is 45.1 Å². The van der Waals surface area contributed by atoms with Gasteiger partial charge in [-0.25, -0.2) is 0 Å². The summed E-state index contributed by atoms with van der Waals surface area (Å²) in [4.78, 5) is 0. The number of rotatable bonds is 2. The van der Waals surface area contributed by atoms with E-state index < -0.39 is 5.60 Å². The Bertz CT molecular complexity index is 390. The first-order valence-corrected chi connectivity index (χ1v) is 7.26. The van der Waals surface area contributed by atoms with Crippen LogP contribution in [0.15, 0.2) is 28.7 Å². The maximum Gasteiger partial charge on any atom is 0.0713 e. The molecule has 1 aliphatic rings. The normalized spacial score (nSPS) is 33.6. The minimum Gasteiger partial charge on any atom is -0.389 e. The Morgan fingerprint density at radius 2 is 2.18 bits per heavy atom. The Hall–Kier alpha value is -0.340. The molecule has 1 nitrogen and oxygen atoms in total. The Labute approximate surface area is 112 Å². The van der Waals surface area contributed by atoms with Gasteiger partial charge in [0.05, 0.1) is 5.60 Å². The van der Waals surface area contributed by atoms with Crippen LogP contribution >= 0.6 is 15.9 Å². The Morgan fingerprint density at radius 1 is 1.41 bits per heavy atom. The molecule has 1 aromatic rings. The Morgan fingerprint density at radius 3 is 2.82 bits per heavy atom. The summed E-state index contributed by atoms with van der Waals surface area (Å²) in [6.07, 6.45) is 4.00. The zero-order valence-electron chi connectivity index (χ0n) is 10.6. The summed E-state index contributed by atoms with van der Waals surface area (Å²) in [5.74, 6) is 1.15. The lowest BCUT2D eigenvalue weighted by atomic mass is 9.70. The van der Waals surface area contributed by atoms with E-state index in [0.29, 0.717) is 5.92 Å². The van der Waals surface area contributed by atoms with E-state index in [1.807, 2.05) is 12.1 Å². The highest BCUT2D eigenvalue weighted by atomic mass is 79.9. The lowest BCUT2D eigenvalue weighted by Gasteiger charge is -2.41. The second-order valence-electron chi connectivity index (χ2n) is 5.69. The second kappa shape index (κ2) is 5.11. The van der Waals surface area contributed by atoms with Crippen molar-refractivity contribution >= 4 is 15.9 Å². The molecule has 0 saturated heterocycles. The molecule has 0 bridgehead atoms. The van der Waals surface area contributed by atoms with Gasteiger partial charge >= 0.3 is 0 Å². The number of hydrogen-bond donors (Lipinski definition) is 1. The van der Waals surface area contributed by atoms with E-state index in [1.54, 1.807) is 0 Å². The first-order valence-electron chi connectivity index (χ1n) is 6.46. The highest BCUT2D eigenvalue weighted by Gasteiger charge is 2.38. The van der Waals surface area contributed by atoms with E-state index in [-0.39, 0.29) is 0 Å². The van der Waals surface area contributed by atoms with Crippen LogP contribution in [0.4, 0.5) is 0 Å². The number of halogens is 1. The van der Waals surface area contributed by atoms with Gasteiger partial charge in [0.1, 0.15) is 0 Å². The summed E-state index contributed by atoms with van der Waals surface area (Å²) in [6, 6.07) is 8.29. The van der Waals surface area contributed by atoms with Crippen molar-refractivity contribution in [2.24, 2.45) is 11.8 Å². The first kappa shape index (κ1) is 13.1. The third kappa shape index (κ3) is 3.11. The van der Waals surface area contributed by atoms with Crippen LogP contribution in [0.2, 0.25) is 0 Å². The zero-order valence-corrected chi connectivity index (χ0v) is 12.2. The number of aliphatic hydroxyl groups is 1. The van der Waals surface area contributed by atoms with E-state index in [0.717, 1.165) is 36.1 Å². The predicted molar refractivity (Wildman–Crippen MR) is 75.0 cm³/mol. The molecule has 0 aliphatic heterocycles. The fraction of sp³-hybridized carbons (Fsp3) is 0.600. The van der Waals surface area contributed by atoms with E-state index in [9.17, 15) is 5.11 Å². The van der Waals surface area contributed by atoms with Gasteiger partial charge in [-0.2, -0.15) is 0 Å². The molecule has 1 aromatic carbocycles. The molecule has 0 radical (unpaired) electrons. The largest absolute Gasteiger partial charge is 0.389 e. The fourth-order valence-electron chi connectivity index (χ4n) is 2.95. The number of benzene rings is 1. The van der Waals surface area contributed by atoms with E-state index >= 15 is 0 Å². The first-order chi connectivity index (χ1) is 7.99. The topological polar surface area (TPSA) is 20.2 Å². The average molecular weight is 297 g/mol. The summed E-state index contributed by atoms with van der Waals surface area (Å²) < 4.78 is 1.09. The SMILES string of the molecule is CC1CCC(O)(Cc2cccc(Br)c2)C(C)C1. The van der Waals surface area contributed by atoms with Gasteiger partial charge in [0, 0.05) is 10.9 Å². The molecule has 3 unspecified atom stereocenters. The van der Waals surface area contributed by atoms with Gasteiger partial charge < -0.3 is 5.11 Å². The van der Waals surface area contributed by atoms with Crippen molar-refractivity contribution in [3.05, 3.63) is 34.3 Å². The summed E-state index contributed by atoms with van der Waals surface area (Å²) >= 11 is 3.49. The van der Waals surface area contributed by atoms with Gasteiger partial charge in [-0.3, -0.25) is 0 Å². The quantitative estimate of drug-likeness (QED) is 0.868. The van der Waals surface area contributed by atoms with Crippen molar-refractivity contribution in [3.8, 4) is 0 Å². The van der Waals surface area contributed by atoms with Crippen molar-refractivity contribution in [1.82, 2.24) is 0 Å². The molecule has 0 amide bonds. The highest BCUT2D eigenvalue weighted by Crippen LogP contribution is 2.38. The van der Waals surface area contributed by atoms with Gasteiger partial charge in [0.15, 0.2) is 0 Å². The van der Waals surface area contributed by atoms with Crippen LogP contribution < -0.4 is 0 Å². The molecule has 94 valence electrons. The standard InChI is InChI=1S/C15H21BrO/c1-11-6-7-15(17,12(2)8-11)10-13-4-3-5-14(16)9-13/h3-5,9,11-12,17H,6-8,10H2,1-2H3. The van der Waals surface area contributed by atoms with Gasteiger partial charge in [0.2, 0.25) is 0 Å².